The smallest absolute Gasteiger partial charge is 0.326 e. The number of hydrogen-bond acceptors (Lipinski definition) is 4. The number of benzene rings is 2. The molecule has 166 valence electrons. The summed E-state index contributed by atoms with van der Waals surface area (Å²) in [7, 11) is -4.19. The lowest BCUT2D eigenvalue weighted by Gasteiger charge is -2.34. The summed E-state index contributed by atoms with van der Waals surface area (Å²) in [5.74, 6) is -3.27. The van der Waals surface area contributed by atoms with Crippen molar-refractivity contribution in [3.05, 3.63) is 65.7 Å². The summed E-state index contributed by atoms with van der Waals surface area (Å²) in [6.07, 6.45) is 0.457. The molecule has 1 unspecified atom stereocenters. The number of carboxylic acid groups (broad SMARTS) is 1. The second-order valence-electron chi connectivity index (χ2n) is 7.61. The third-order valence-electron chi connectivity index (χ3n) is 5.40. The van der Waals surface area contributed by atoms with Gasteiger partial charge in [-0.2, -0.15) is 4.31 Å². The van der Waals surface area contributed by atoms with Gasteiger partial charge in [0.05, 0.1) is 4.90 Å². The van der Waals surface area contributed by atoms with Crippen LogP contribution in [0.2, 0.25) is 0 Å². The molecule has 0 spiro atoms. The van der Waals surface area contributed by atoms with Crippen molar-refractivity contribution in [1.29, 1.82) is 0 Å². The van der Waals surface area contributed by atoms with Gasteiger partial charge < -0.3 is 10.4 Å². The number of nitrogens with zero attached hydrogens (tertiary/aromatic N) is 1. The lowest BCUT2D eigenvalue weighted by molar-refractivity contribution is -0.143. The standard InChI is InChI=1S/C21H22F2N2O5S/c1-21(10-3-11-25(21)31(29,30)17-5-2-4-16(23)13-17)20(28)24-18(19(26)27)12-14-6-8-15(22)9-7-14/h2,4-9,13,18H,3,10-12H2,1H3,(H,24,28)(H,26,27)/t18?,21-/m0/s1. The molecule has 1 aliphatic rings. The third kappa shape index (κ3) is 4.75. The van der Waals surface area contributed by atoms with Crippen molar-refractivity contribution < 1.29 is 31.9 Å². The van der Waals surface area contributed by atoms with Crippen LogP contribution in [0.1, 0.15) is 25.3 Å². The third-order valence-corrected chi connectivity index (χ3v) is 7.42. The monoisotopic (exact) mass is 452 g/mol. The molecule has 2 aromatic rings. The van der Waals surface area contributed by atoms with Gasteiger partial charge in [-0.05, 0) is 55.7 Å². The molecular formula is C21H22F2N2O5S. The van der Waals surface area contributed by atoms with Gasteiger partial charge in [0.1, 0.15) is 23.2 Å². The Morgan fingerprint density at radius 2 is 1.84 bits per heavy atom. The van der Waals surface area contributed by atoms with Crippen LogP contribution in [-0.4, -0.2) is 47.8 Å². The Bertz CT molecular complexity index is 1090. The van der Waals surface area contributed by atoms with E-state index < -0.39 is 45.1 Å². The molecular weight excluding hydrogens is 430 g/mol. The summed E-state index contributed by atoms with van der Waals surface area (Å²) in [5, 5.41) is 12.0. The Morgan fingerprint density at radius 1 is 1.16 bits per heavy atom. The van der Waals surface area contributed by atoms with Gasteiger partial charge >= 0.3 is 5.97 Å². The molecule has 0 saturated carbocycles. The average Bonchev–Trinajstić information content (AvgIpc) is 3.13. The highest BCUT2D eigenvalue weighted by Crippen LogP contribution is 2.35. The minimum absolute atomic E-state index is 0.0401. The molecule has 0 radical (unpaired) electrons. The fourth-order valence-corrected chi connectivity index (χ4v) is 5.52. The Kier molecular flexibility index (Phi) is 6.42. The summed E-state index contributed by atoms with van der Waals surface area (Å²) in [6.45, 7) is 1.46. The van der Waals surface area contributed by atoms with E-state index in [1.807, 2.05) is 0 Å². The Labute approximate surface area is 178 Å². The largest absolute Gasteiger partial charge is 0.480 e. The summed E-state index contributed by atoms with van der Waals surface area (Å²) in [4.78, 5) is 24.5. The first kappa shape index (κ1) is 22.8. The van der Waals surface area contributed by atoms with Gasteiger partial charge in [0.15, 0.2) is 0 Å². The zero-order valence-corrected chi connectivity index (χ0v) is 17.5. The van der Waals surface area contributed by atoms with Crippen LogP contribution in [0.25, 0.3) is 0 Å². The fourth-order valence-electron chi connectivity index (χ4n) is 3.68. The Morgan fingerprint density at radius 3 is 2.45 bits per heavy atom. The number of nitrogens with one attached hydrogen (secondary N) is 1. The van der Waals surface area contributed by atoms with E-state index in [1.54, 1.807) is 0 Å². The average molecular weight is 452 g/mol. The minimum Gasteiger partial charge on any atom is -0.480 e. The molecule has 2 aromatic carbocycles. The van der Waals surface area contributed by atoms with Crippen LogP contribution in [0.15, 0.2) is 53.4 Å². The summed E-state index contributed by atoms with van der Waals surface area (Å²) in [5.41, 5.74) is -1.04. The maximum absolute atomic E-state index is 13.6. The van der Waals surface area contributed by atoms with Crippen LogP contribution in [0.5, 0.6) is 0 Å². The molecule has 1 fully saturated rings. The van der Waals surface area contributed by atoms with Crippen LogP contribution in [0.4, 0.5) is 8.78 Å². The SMILES string of the molecule is C[C@@]1(C(=O)NC(Cc2ccc(F)cc2)C(=O)O)CCCN1S(=O)(=O)c1cccc(F)c1. The Balaban J connectivity index is 1.84. The van der Waals surface area contributed by atoms with Crippen molar-refractivity contribution in [2.75, 3.05) is 6.54 Å². The van der Waals surface area contributed by atoms with E-state index >= 15 is 0 Å². The van der Waals surface area contributed by atoms with Crippen molar-refractivity contribution in [3.63, 3.8) is 0 Å². The number of aliphatic carboxylic acids is 1. The first-order chi connectivity index (χ1) is 14.5. The van der Waals surface area contributed by atoms with Gasteiger partial charge in [0.2, 0.25) is 15.9 Å². The highest BCUT2D eigenvalue weighted by molar-refractivity contribution is 7.89. The van der Waals surface area contributed by atoms with Crippen LogP contribution in [0, 0.1) is 11.6 Å². The van der Waals surface area contributed by atoms with E-state index in [9.17, 15) is 31.9 Å². The van der Waals surface area contributed by atoms with Crippen LogP contribution in [-0.2, 0) is 26.0 Å². The number of sulfonamides is 1. The normalized spacial score (nSPS) is 20.4. The molecule has 1 amide bonds. The molecule has 0 aliphatic carbocycles. The molecule has 7 nitrogen and oxygen atoms in total. The second-order valence-corrected chi connectivity index (χ2v) is 9.47. The summed E-state index contributed by atoms with van der Waals surface area (Å²) < 4.78 is 53.8. The number of hydrogen-bond donors (Lipinski definition) is 2. The summed E-state index contributed by atoms with van der Waals surface area (Å²) in [6, 6.07) is 8.34. The van der Waals surface area contributed by atoms with Crippen LogP contribution >= 0.6 is 0 Å². The molecule has 31 heavy (non-hydrogen) atoms. The van der Waals surface area contributed by atoms with Gasteiger partial charge in [-0.3, -0.25) is 4.79 Å². The highest BCUT2D eigenvalue weighted by Gasteiger charge is 2.50. The van der Waals surface area contributed by atoms with Crippen molar-refractivity contribution in [1.82, 2.24) is 9.62 Å². The van der Waals surface area contributed by atoms with E-state index in [4.69, 9.17) is 0 Å². The maximum Gasteiger partial charge on any atom is 0.326 e. The first-order valence-corrected chi connectivity index (χ1v) is 11.0. The maximum atomic E-state index is 13.6. The number of halogens is 2. The van der Waals surface area contributed by atoms with E-state index in [0.29, 0.717) is 12.0 Å². The van der Waals surface area contributed by atoms with Crippen LogP contribution in [0.3, 0.4) is 0 Å². The van der Waals surface area contributed by atoms with Crippen molar-refractivity contribution in [2.45, 2.75) is 42.7 Å². The first-order valence-electron chi connectivity index (χ1n) is 9.61. The van der Waals surface area contributed by atoms with Crippen LogP contribution < -0.4 is 5.32 Å². The Hall–Kier alpha value is -2.85. The fraction of sp³-hybridized carbons (Fsp3) is 0.333. The number of rotatable bonds is 7. The van der Waals surface area contributed by atoms with Gasteiger partial charge in [-0.1, -0.05) is 18.2 Å². The molecule has 2 N–H and O–H groups in total. The van der Waals surface area contributed by atoms with E-state index in [-0.39, 0.29) is 24.3 Å². The quantitative estimate of drug-likeness (QED) is 0.671. The summed E-state index contributed by atoms with van der Waals surface area (Å²) >= 11 is 0. The highest BCUT2D eigenvalue weighted by atomic mass is 32.2. The molecule has 3 rings (SSSR count). The van der Waals surface area contributed by atoms with Crippen molar-refractivity contribution in [2.24, 2.45) is 0 Å². The van der Waals surface area contributed by atoms with Gasteiger partial charge in [0.25, 0.3) is 0 Å². The molecule has 0 bridgehead atoms. The molecule has 1 heterocycles. The van der Waals surface area contributed by atoms with Crippen molar-refractivity contribution >= 4 is 21.9 Å². The molecule has 10 heteroatoms. The number of amides is 1. The van der Waals surface area contributed by atoms with E-state index in [1.165, 1.54) is 43.3 Å². The van der Waals surface area contributed by atoms with Crippen molar-refractivity contribution in [3.8, 4) is 0 Å². The molecule has 2 atom stereocenters. The lowest BCUT2D eigenvalue weighted by Crippen LogP contribution is -2.58. The number of carbonyl (C=O) groups excluding carboxylic acids is 1. The van der Waals surface area contributed by atoms with Gasteiger partial charge in [0, 0.05) is 13.0 Å². The van der Waals surface area contributed by atoms with E-state index in [2.05, 4.69) is 5.32 Å². The second kappa shape index (κ2) is 8.72. The zero-order valence-electron chi connectivity index (χ0n) is 16.7. The molecule has 1 aliphatic heterocycles. The zero-order chi connectivity index (χ0) is 22.8. The molecule has 1 saturated heterocycles. The minimum atomic E-state index is -4.19. The van der Waals surface area contributed by atoms with Gasteiger partial charge in [-0.15, -0.1) is 0 Å². The lowest BCUT2D eigenvalue weighted by atomic mass is 9.97. The number of carboxylic acids is 1. The topological polar surface area (TPSA) is 104 Å². The van der Waals surface area contributed by atoms with E-state index in [0.717, 1.165) is 16.4 Å². The predicted molar refractivity (Wildman–Crippen MR) is 108 cm³/mol. The number of carbonyl (C=O) groups is 2. The van der Waals surface area contributed by atoms with Gasteiger partial charge in [-0.25, -0.2) is 22.0 Å². The predicted octanol–water partition coefficient (Wildman–Crippen LogP) is 2.32. The molecule has 0 aromatic heterocycles.